The first-order valence-electron chi connectivity index (χ1n) is 7.92. The number of carbonyl (C=O) groups excluding carboxylic acids is 1. The van der Waals surface area contributed by atoms with Crippen LogP contribution in [0.2, 0.25) is 0 Å². The molecule has 1 saturated heterocycles. The molecule has 2 N–H and O–H groups in total. The van der Waals surface area contributed by atoms with Gasteiger partial charge in [-0.25, -0.2) is 4.79 Å². The molecule has 0 aromatic heterocycles. The van der Waals surface area contributed by atoms with Crippen molar-refractivity contribution in [2.75, 3.05) is 20.3 Å². The number of carbonyl (C=O) groups is 2. The molecule has 2 rings (SSSR count). The van der Waals surface area contributed by atoms with Gasteiger partial charge in [-0.15, -0.1) is 0 Å². The van der Waals surface area contributed by atoms with E-state index in [0.29, 0.717) is 24.0 Å². The summed E-state index contributed by atoms with van der Waals surface area (Å²) in [5, 5.41) is 11.9. The highest BCUT2D eigenvalue weighted by molar-refractivity contribution is 5.98. The van der Waals surface area contributed by atoms with E-state index in [2.05, 4.69) is 5.32 Å². The van der Waals surface area contributed by atoms with Crippen LogP contribution in [0.15, 0.2) is 18.2 Å². The molecule has 1 aromatic rings. The number of aromatic carboxylic acids is 1. The molecule has 1 aliphatic rings. The van der Waals surface area contributed by atoms with Crippen LogP contribution in [0.5, 0.6) is 5.75 Å². The molecule has 6 nitrogen and oxygen atoms in total. The number of methoxy groups -OCH3 is 1. The van der Waals surface area contributed by atoms with Crippen LogP contribution in [-0.2, 0) is 4.74 Å². The Labute approximate surface area is 135 Å². The molecule has 126 valence electrons. The Kier molecular flexibility index (Phi) is 6.40. The Morgan fingerprint density at radius 1 is 1.30 bits per heavy atom. The second-order valence-corrected chi connectivity index (χ2v) is 5.64. The van der Waals surface area contributed by atoms with Crippen molar-refractivity contribution in [2.24, 2.45) is 0 Å². The topological polar surface area (TPSA) is 84.9 Å². The van der Waals surface area contributed by atoms with Crippen LogP contribution in [0.3, 0.4) is 0 Å². The van der Waals surface area contributed by atoms with Crippen molar-refractivity contribution in [3.63, 3.8) is 0 Å². The Balaban J connectivity index is 1.80. The maximum atomic E-state index is 12.1. The van der Waals surface area contributed by atoms with Crippen molar-refractivity contribution in [3.8, 4) is 5.75 Å². The lowest BCUT2D eigenvalue weighted by Gasteiger charge is -2.10. The zero-order valence-corrected chi connectivity index (χ0v) is 13.3. The average Bonchev–Trinajstić information content (AvgIpc) is 3.07. The van der Waals surface area contributed by atoms with Gasteiger partial charge in [-0.05, 0) is 50.3 Å². The highest BCUT2D eigenvalue weighted by Gasteiger charge is 2.15. The highest BCUT2D eigenvalue weighted by atomic mass is 16.5. The predicted octanol–water partition coefficient (Wildman–Crippen LogP) is 2.47. The second kappa shape index (κ2) is 8.53. The van der Waals surface area contributed by atoms with Gasteiger partial charge in [-0.3, -0.25) is 4.79 Å². The summed E-state index contributed by atoms with van der Waals surface area (Å²) in [5.41, 5.74) is 0.328. The summed E-state index contributed by atoms with van der Waals surface area (Å²) >= 11 is 0. The van der Waals surface area contributed by atoms with E-state index in [0.717, 1.165) is 38.7 Å². The van der Waals surface area contributed by atoms with Gasteiger partial charge < -0.3 is 19.9 Å². The van der Waals surface area contributed by atoms with Gasteiger partial charge in [0, 0.05) is 18.7 Å². The van der Waals surface area contributed by atoms with Gasteiger partial charge in [0.1, 0.15) is 5.75 Å². The first kappa shape index (κ1) is 17.3. The van der Waals surface area contributed by atoms with Crippen LogP contribution in [-0.4, -0.2) is 43.3 Å². The summed E-state index contributed by atoms with van der Waals surface area (Å²) in [6, 6.07) is 4.28. The van der Waals surface area contributed by atoms with Crippen LogP contribution in [0, 0.1) is 0 Å². The number of amides is 1. The minimum atomic E-state index is -1.09. The van der Waals surface area contributed by atoms with Crippen LogP contribution in [0.4, 0.5) is 0 Å². The quantitative estimate of drug-likeness (QED) is 0.719. The number of nitrogens with one attached hydrogen (secondary N) is 1. The maximum absolute atomic E-state index is 12.1. The lowest BCUT2D eigenvalue weighted by molar-refractivity contribution is 0.0696. The summed E-state index contributed by atoms with van der Waals surface area (Å²) < 4.78 is 10.6. The highest BCUT2D eigenvalue weighted by Crippen LogP contribution is 2.18. The van der Waals surface area contributed by atoms with Crippen molar-refractivity contribution in [1.82, 2.24) is 5.32 Å². The molecule has 1 fully saturated rings. The second-order valence-electron chi connectivity index (χ2n) is 5.64. The van der Waals surface area contributed by atoms with E-state index in [1.165, 1.54) is 25.3 Å². The fraction of sp³-hybridized carbons (Fsp3) is 0.529. The summed E-state index contributed by atoms with van der Waals surface area (Å²) in [6.07, 6.45) is 5.56. The zero-order valence-electron chi connectivity index (χ0n) is 13.3. The predicted molar refractivity (Wildman–Crippen MR) is 85.1 cm³/mol. The Morgan fingerprint density at radius 2 is 2.09 bits per heavy atom. The van der Waals surface area contributed by atoms with E-state index in [1.54, 1.807) is 0 Å². The largest absolute Gasteiger partial charge is 0.497 e. The molecule has 6 heteroatoms. The standard InChI is InChI=1S/C17H23NO5/c1-22-15-10-12(9-13(11-15)17(20)21)16(19)18-7-3-2-5-14-6-4-8-23-14/h9-11,14H,2-8H2,1H3,(H,18,19)(H,20,21)/t14-/m1/s1. The van der Waals surface area contributed by atoms with Crippen LogP contribution in [0.1, 0.15) is 52.8 Å². The van der Waals surface area contributed by atoms with Gasteiger partial charge >= 0.3 is 5.97 Å². The smallest absolute Gasteiger partial charge is 0.335 e. The van der Waals surface area contributed by atoms with Crippen molar-refractivity contribution in [1.29, 1.82) is 0 Å². The van der Waals surface area contributed by atoms with E-state index >= 15 is 0 Å². The van der Waals surface area contributed by atoms with Crippen molar-refractivity contribution >= 4 is 11.9 Å². The molecule has 0 aliphatic carbocycles. The minimum absolute atomic E-state index is 0.0351. The van der Waals surface area contributed by atoms with Gasteiger partial charge in [0.15, 0.2) is 0 Å². The van der Waals surface area contributed by atoms with E-state index in [1.807, 2.05) is 0 Å². The van der Waals surface area contributed by atoms with Gasteiger partial charge in [-0.1, -0.05) is 0 Å². The molecule has 1 atom stereocenters. The van der Waals surface area contributed by atoms with Gasteiger partial charge in [0.2, 0.25) is 0 Å². The zero-order chi connectivity index (χ0) is 16.7. The van der Waals surface area contributed by atoms with E-state index in [9.17, 15) is 9.59 Å². The Bertz CT molecular complexity index is 552. The van der Waals surface area contributed by atoms with Crippen LogP contribution in [0.25, 0.3) is 0 Å². The number of benzene rings is 1. The van der Waals surface area contributed by atoms with Crippen LogP contribution >= 0.6 is 0 Å². The molecule has 23 heavy (non-hydrogen) atoms. The summed E-state index contributed by atoms with van der Waals surface area (Å²) in [4.78, 5) is 23.2. The van der Waals surface area contributed by atoms with E-state index in [-0.39, 0.29) is 11.5 Å². The SMILES string of the molecule is COc1cc(C(=O)O)cc(C(=O)NCCCC[C@@H]2CCCO2)c1. The number of rotatable bonds is 8. The number of carboxylic acid groups (broad SMARTS) is 1. The first-order chi connectivity index (χ1) is 11.1. The molecular weight excluding hydrogens is 298 g/mol. The Hall–Kier alpha value is -2.08. The lowest BCUT2D eigenvalue weighted by atomic mass is 10.1. The molecule has 1 aromatic carbocycles. The molecule has 0 unspecified atom stereocenters. The van der Waals surface area contributed by atoms with E-state index < -0.39 is 5.97 Å². The molecule has 0 saturated carbocycles. The Morgan fingerprint density at radius 3 is 2.74 bits per heavy atom. The molecule has 0 spiro atoms. The molecular formula is C17H23NO5. The van der Waals surface area contributed by atoms with Crippen molar-refractivity contribution in [3.05, 3.63) is 29.3 Å². The first-order valence-corrected chi connectivity index (χ1v) is 7.92. The third-order valence-corrected chi connectivity index (χ3v) is 3.91. The van der Waals surface area contributed by atoms with Gasteiger partial charge in [0.05, 0.1) is 18.8 Å². The monoisotopic (exact) mass is 321 g/mol. The summed E-state index contributed by atoms with van der Waals surface area (Å²) in [6.45, 7) is 1.42. The molecule has 1 amide bonds. The number of carboxylic acids is 1. The average molecular weight is 321 g/mol. The third kappa shape index (κ3) is 5.25. The molecule has 1 heterocycles. The third-order valence-electron chi connectivity index (χ3n) is 3.91. The molecule has 1 aliphatic heterocycles. The normalized spacial score (nSPS) is 17.0. The fourth-order valence-electron chi connectivity index (χ4n) is 2.64. The molecule has 0 radical (unpaired) electrons. The number of ether oxygens (including phenoxy) is 2. The molecule has 0 bridgehead atoms. The number of hydrogen-bond acceptors (Lipinski definition) is 4. The van der Waals surface area contributed by atoms with Crippen molar-refractivity contribution in [2.45, 2.75) is 38.2 Å². The van der Waals surface area contributed by atoms with Gasteiger partial charge in [-0.2, -0.15) is 0 Å². The summed E-state index contributed by atoms with van der Waals surface area (Å²) in [5.74, 6) is -1.02. The lowest BCUT2D eigenvalue weighted by Crippen LogP contribution is -2.25. The van der Waals surface area contributed by atoms with Crippen LogP contribution < -0.4 is 10.1 Å². The maximum Gasteiger partial charge on any atom is 0.335 e. The fourth-order valence-corrected chi connectivity index (χ4v) is 2.64. The number of hydrogen-bond donors (Lipinski definition) is 2. The van der Waals surface area contributed by atoms with E-state index in [4.69, 9.17) is 14.6 Å². The summed E-state index contributed by atoms with van der Waals surface area (Å²) in [7, 11) is 1.44. The van der Waals surface area contributed by atoms with Gasteiger partial charge in [0.25, 0.3) is 5.91 Å². The van der Waals surface area contributed by atoms with Crippen molar-refractivity contribution < 1.29 is 24.2 Å². The number of unbranched alkanes of at least 4 members (excludes halogenated alkanes) is 1. The minimum Gasteiger partial charge on any atom is -0.497 e.